The van der Waals surface area contributed by atoms with Crippen LogP contribution in [0.15, 0.2) is 198 Å². The van der Waals surface area contributed by atoms with Crippen molar-refractivity contribution in [3.63, 3.8) is 0 Å². The number of benzene rings is 10. The lowest BCUT2D eigenvalue weighted by atomic mass is 9.81. The quantitative estimate of drug-likeness (QED) is 0.168. The van der Waals surface area contributed by atoms with E-state index in [1.54, 1.807) is 54.6 Å². The van der Waals surface area contributed by atoms with Crippen molar-refractivity contribution < 1.29 is 25.0 Å². The van der Waals surface area contributed by atoms with Crippen LogP contribution in [0.4, 0.5) is 0 Å². The predicted octanol–water partition coefficient (Wildman–Crippen LogP) is 14.9. The molecule has 246 valence electrons. The summed E-state index contributed by atoms with van der Waals surface area (Å²) in [6.07, 6.45) is 0. The van der Waals surface area contributed by atoms with Gasteiger partial charge >= 0.3 is 0 Å². The fraction of sp³-hybridized carbons (Fsp3) is 0. The minimum Gasteiger partial charge on any atom is -0.455 e. The zero-order valence-corrected chi connectivity index (χ0v) is 27.7. The summed E-state index contributed by atoms with van der Waals surface area (Å²) >= 11 is 0. The molecule has 0 fully saturated rings. The summed E-state index contributed by atoms with van der Waals surface area (Å²) in [6, 6.07) is 22.2. The van der Waals surface area contributed by atoms with Crippen molar-refractivity contribution in [3.05, 3.63) is 194 Å². The van der Waals surface area contributed by atoms with Gasteiger partial charge in [0.05, 0.1) is 20.6 Å². The van der Waals surface area contributed by atoms with Crippen LogP contribution in [0, 0.1) is 0 Å². The normalized spacial score (nSPS) is 15.7. The molecule has 0 amide bonds. The lowest BCUT2D eigenvalue weighted by Crippen LogP contribution is -1.94. The van der Waals surface area contributed by atoms with Gasteiger partial charge in [-0.15, -0.1) is 0 Å². The Hall–Kier alpha value is -6.96. The maximum atomic E-state index is 9.71. The molecule has 1 aromatic heterocycles. The van der Waals surface area contributed by atoms with Crippen LogP contribution in [0.3, 0.4) is 0 Å². The fourth-order valence-electron chi connectivity index (χ4n) is 7.65. The Morgan fingerprint density at radius 2 is 1.00 bits per heavy atom. The highest BCUT2D eigenvalue weighted by Crippen LogP contribution is 2.49. The van der Waals surface area contributed by atoms with Gasteiger partial charge in [-0.1, -0.05) is 176 Å². The van der Waals surface area contributed by atoms with Gasteiger partial charge in [-0.25, -0.2) is 0 Å². The summed E-state index contributed by atoms with van der Waals surface area (Å²) in [5.41, 5.74) is 3.02. The third-order valence-corrected chi connectivity index (χ3v) is 9.94. The number of rotatable bonds is 4. The van der Waals surface area contributed by atoms with Crippen molar-refractivity contribution in [2.45, 2.75) is 0 Å². The molecule has 1 nitrogen and oxygen atoms in total. The minimum absolute atomic E-state index is 0.0480. The molecule has 11 aromatic rings. The first kappa shape index (κ1) is 18.5. The van der Waals surface area contributed by atoms with Gasteiger partial charge < -0.3 is 4.42 Å². The Balaban J connectivity index is 1.35. The van der Waals surface area contributed by atoms with Crippen molar-refractivity contribution >= 4 is 65.0 Å². The number of fused-ring (bicyclic) bond motifs is 7. The average Bonchev–Trinajstić information content (AvgIpc) is 3.74. The Labute approximate surface area is 328 Å². The monoisotopic (exact) mass is 687 g/mol. The number of hydrogen-bond acceptors (Lipinski definition) is 1. The first-order valence-corrected chi connectivity index (χ1v) is 17.0. The topological polar surface area (TPSA) is 13.1 Å². The molecule has 0 saturated carbocycles. The molecular weight excluding hydrogens is 641 g/mol. The highest BCUT2D eigenvalue weighted by Gasteiger charge is 2.21. The molecule has 0 unspecified atom stereocenters. The van der Waals surface area contributed by atoms with Crippen molar-refractivity contribution in [3.8, 4) is 44.5 Å². The van der Waals surface area contributed by atoms with E-state index >= 15 is 0 Å². The molecular formula is C52H32O. The molecule has 53 heavy (non-hydrogen) atoms. The van der Waals surface area contributed by atoms with Crippen molar-refractivity contribution in [1.82, 2.24) is 0 Å². The van der Waals surface area contributed by atoms with Gasteiger partial charge in [-0.05, 0) is 100 Å². The molecule has 11 rings (SSSR count). The van der Waals surface area contributed by atoms with E-state index in [0.29, 0.717) is 38.6 Å². The van der Waals surface area contributed by atoms with Gasteiger partial charge in [-0.3, -0.25) is 0 Å². The van der Waals surface area contributed by atoms with Crippen LogP contribution in [-0.4, -0.2) is 0 Å². The third kappa shape index (κ3) is 4.64. The molecule has 0 bridgehead atoms. The van der Waals surface area contributed by atoms with E-state index in [4.69, 9.17) is 16.8 Å². The van der Waals surface area contributed by atoms with Crippen molar-refractivity contribution in [2.24, 2.45) is 0 Å². The van der Waals surface area contributed by atoms with Crippen molar-refractivity contribution in [2.75, 3.05) is 0 Å². The summed E-state index contributed by atoms with van der Waals surface area (Å²) in [7, 11) is 0. The minimum atomic E-state index is -0.643. The van der Waals surface area contributed by atoms with Crippen LogP contribution in [0.2, 0.25) is 0 Å². The molecule has 0 spiro atoms. The second-order valence-corrected chi connectivity index (χ2v) is 12.8. The molecule has 0 aliphatic carbocycles. The molecule has 0 saturated heterocycles. The van der Waals surface area contributed by atoms with Gasteiger partial charge in [0, 0.05) is 16.3 Å². The first-order chi connectivity index (χ1) is 32.5. The molecule has 1 heterocycles. The van der Waals surface area contributed by atoms with E-state index in [0.717, 1.165) is 10.8 Å². The summed E-state index contributed by atoms with van der Waals surface area (Å²) in [5.74, 6) is 0. The number of hydrogen-bond donors (Lipinski definition) is 0. The summed E-state index contributed by atoms with van der Waals surface area (Å²) < 4.78 is 144. The van der Waals surface area contributed by atoms with Crippen LogP contribution < -0.4 is 0 Å². The third-order valence-electron chi connectivity index (χ3n) is 9.94. The highest BCUT2D eigenvalue weighted by atomic mass is 16.3. The summed E-state index contributed by atoms with van der Waals surface area (Å²) in [4.78, 5) is 0. The second-order valence-electron chi connectivity index (χ2n) is 12.8. The SMILES string of the molecule is [2H]c1c([2H])c([2H])c2c([2H])c(-c3ccc4ccccc4c3-c3c4c([2H])c([2H])c([2H])c([2H])c4c(-c4cccc(-c5cccc6c5oc5ccccc56)c4)c4c([2H])c([2H])c([2H])c([2H])c34)c([2H])c([2H])c2c1[2H]. The standard InChI is InChI=1S/C52H32O/c1-2-15-35-31-37(28-27-33(35)13-1)40-30-29-34-14-3-4-18-39(34)50(40)51-45-22-7-5-20-43(45)49(44-21-6-8-23-46(44)51)38-17-11-16-36(32-38)41-24-12-25-47-42-19-9-10-26-48(42)53-52(41)47/h1-32H/i1D,2D,5D,6D,7D,8D,13D,15D,20D,21D,22D,23D,27D,28D,31D. The van der Waals surface area contributed by atoms with Gasteiger partial charge in [0.2, 0.25) is 0 Å². The van der Waals surface area contributed by atoms with Gasteiger partial charge in [0.15, 0.2) is 0 Å². The Kier molecular flexibility index (Phi) is 4.12. The lowest BCUT2D eigenvalue weighted by Gasteiger charge is -2.21. The van der Waals surface area contributed by atoms with E-state index in [1.807, 2.05) is 48.5 Å². The summed E-state index contributed by atoms with van der Waals surface area (Å²) in [6.45, 7) is 0. The highest BCUT2D eigenvalue weighted by molar-refractivity contribution is 6.25. The van der Waals surface area contributed by atoms with Gasteiger partial charge in [-0.2, -0.15) is 0 Å². The molecule has 0 atom stereocenters. The van der Waals surface area contributed by atoms with Crippen LogP contribution >= 0.6 is 0 Å². The second kappa shape index (κ2) is 11.8. The first-order valence-electron chi connectivity index (χ1n) is 24.5. The maximum Gasteiger partial charge on any atom is 0.143 e. The smallest absolute Gasteiger partial charge is 0.143 e. The summed E-state index contributed by atoms with van der Waals surface area (Å²) in [5, 5.41) is 1.79. The Bertz CT molecular complexity index is 4020. The molecule has 0 aliphatic heterocycles. The van der Waals surface area contributed by atoms with E-state index in [1.165, 1.54) is 0 Å². The van der Waals surface area contributed by atoms with E-state index in [2.05, 4.69) is 0 Å². The zero-order chi connectivity index (χ0) is 47.9. The van der Waals surface area contributed by atoms with E-state index < -0.39 is 90.6 Å². The largest absolute Gasteiger partial charge is 0.455 e. The van der Waals surface area contributed by atoms with Crippen molar-refractivity contribution in [1.29, 1.82) is 0 Å². The van der Waals surface area contributed by atoms with Gasteiger partial charge in [0.25, 0.3) is 0 Å². The van der Waals surface area contributed by atoms with Crippen LogP contribution in [0.25, 0.3) is 110 Å². The Morgan fingerprint density at radius 1 is 0.358 bits per heavy atom. The van der Waals surface area contributed by atoms with E-state index in [-0.39, 0.29) is 60.1 Å². The number of para-hydroxylation sites is 2. The Morgan fingerprint density at radius 3 is 1.81 bits per heavy atom. The van der Waals surface area contributed by atoms with E-state index in [9.17, 15) is 8.22 Å². The molecule has 0 N–H and O–H groups in total. The molecule has 1 heteroatoms. The lowest BCUT2D eigenvalue weighted by molar-refractivity contribution is 0.670. The number of furan rings is 1. The van der Waals surface area contributed by atoms with Crippen LogP contribution in [0.5, 0.6) is 0 Å². The zero-order valence-electron chi connectivity index (χ0n) is 42.7. The molecule has 0 aliphatic rings. The van der Waals surface area contributed by atoms with Crippen LogP contribution in [0.1, 0.15) is 20.6 Å². The predicted molar refractivity (Wildman–Crippen MR) is 225 cm³/mol. The van der Waals surface area contributed by atoms with Crippen LogP contribution in [-0.2, 0) is 0 Å². The molecule has 10 aromatic carbocycles. The van der Waals surface area contributed by atoms with Gasteiger partial charge in [0.1, 0.15) is 11.2 Å². The average molecular weight is 688 g/mol. The molecule has 0 radical (unpaired) electrons. The maximum absolute atomic E-state index is 9.71. The fourth-order valence-corrected chi connectivity index (χ4v) is 7.65.